The van der Waals surface area contributed by atoms with Crippen LogP contribution in [0.1, 0.15) is 37.9 Å². The molecule has 128 valence electrons. The first kappa shape index (κ1) is 17.0. The van der Waals surface area contributed by atoms with Gasteiger partial charge in [-0.25, -0.2) is 0 Å². The predicted molar refractivity (Wildman–Crippen MR) is 92.7 cm³/mol. The number of amides is 1. The van der Waals surface area contributed by atoms with E-state index in [1.54, 1.807) is 11.0 Å². The summed E-state index contributed by atoms with van der Waals surface area (Å²) in [5.41, 5.74) is 0.726. The number of benzene rings is 1. The van der Waals surface area contributed by atoms with Crippen molar-refractivity contribution >= 4 is 17.5 Å². The highest BCUT2D eigenvalue weighted by atomic mass is 35.5. The summed E-state index contributed by atoms with van der Waals surface area (Å²) >= 11 is 6.14. The number of rotatable bonds is 5. The normalized spacial score (nSPS) is 15.4. The van der Waals surface area contributed by atoms with Crippen LogP contribution in [0, 0.1) is 5.92 Å². The zero-order chi connectivity index (χ0) is 16.9. The van der Waals surface area contributed by atoms with Gasteiger partial charge in [-0.2, -0.15) is 4.98 Å². The Morgan fingerprint density at radius 1 is 1.29 bits per heavy atom. The minimum atomic E-state index is 0.188. The molecule has 24 heavy (non-hydrogen) atoms. The third-order valence-electron chi connectivity index (χ3n) is 4.57. The van der Waals surface area contributed by atoms with Crippen molar-refractivity contribution in [1.29, 1.82) is 0 Å². The summed E-state index contributed by atoms with van der Waals surface area (Å²) in [5.74, 6) is 1.43. The molecule has 1 aromatic carbocycles. The average molecular weight is 348 g/mol. The molecule has 6 heteroatoms. The summed E-state index contributed by atoms with van der Waals surface area (Å²) in [5, 5.41) is 4.58. The molecule has 0 unspecified atom stereocenters. The van der Waals surface area contributed by atoms with E-state index in [4.69, 9.17) is 16.1 Å². The van der Waals surface area contributed by atoms with E-state index in [1.165, 1.54) is 6.42 Å². The van der Waals surface area contributed by atoms with Crippen molar-refractivity contribution < 1.29 is 9.32 Å². The topological polar surface area (TPSA) is 59.2 Å². The average Bonchev–Trinajstić information content (AvgIpc) is 3.09. The summed E-state index contributed by atoms with van der Waals surface area (Å²) < 4.78 is 5.29. The fraction of sp³-hybridized carbons (Fsp3) is 0.500. The van der Waals surface area contributed by atoms with Crippen LogP contribution >= 0.6 is 11.6 Å². The van der Waals surface area contributed by atoms with Gasteiger partial charge >= 0.3 is 0 Å². The van der Waals surface area contributed by atoms with Crippen LogP contribution in [-0.4, -0.2) is 34.5 Å². The Kier molecular flexibility index (Phi) is 5.51. The lowest BCUT2D eigenvalue weighted by Gasteiger charge is -2.26. The minimum Gasteiger partial charge on any atom is -0.345 e. The molecule has 1 aliphatic carbocycles. The van der Waals surface area contributed by atoms with Crippen molar-refractivity contribution in [2.45, 2.75) is 38.5 Å². The van der Waals surface area contributed by atoms with Gasteiger partial charge in [-0.15, -0.1) is 0 Å². The number of aromatic nitrogens is 2. The second kappa shape index (κ2) is 7.79. The van der Waals surface area contributed by atoms with Crippen LogP contribution in [0.15, 0.2) is 28.8 Å². The van der Waals surface area contributed by atoms with Crippen molar-refractivity contribution in [1.82, 2.24) is 15.0 Å². The molecule has 5 nitrogen and oxygen atoms in total. The number of nitrogens with zero attached hydrogens (tertiary/aromatic N) is 3. The molecule has 0 radical (unpaired) electrons. The van der Waals surface area contributed by atoms with Crippen LogP contribution < -0.4 is 0 Å². The summed E-state index contributed by atoms with van der Waals surface area (Å²) in [4.78, 5) is 18.6. The molecular weight excluding hydrogens is 326 g/mol. The maximum Gasteiger partial charge on any atom is 0.259 e. The van der Waals surface area contributed by atoms with Gasteiger partial charge in [0.15, 0.2) is 5.82 Å². The highest BCUT2D eigenvalue weighted by molar-refractivity contribution is 6.33. The van der Waals surface area contributed by atoms with Gasteiger partial charge in [-0.05, 0) is 25.0 Å². The lowest BCUT2D eigenvalue weighted by atomic mass is 9.88. The number of likely N-dealkylation sites (N-methyl/N-ethyl adjacent to an activating group) is 1. The molecule has 1 fully saturated rings. The standard InChI is InChI=1S/C18H22ClN3O2/c1-22(18(23)13-7-3-2-4-8-13)12-11-16-20-17(24-21-16)14-9-5-6-10-15(14)19/h5-6,9-10,13H,2-4,7-8,11-12H2,1H3. The van der Waals surface area contributed by atoms with Crippen molar-refractivity contribution in [3.8, 4) is 11.5 Å². The molecule has 1 aliphatic rings. The third kappa shape index (κ3) is 3.96. The second-order valence-electron chi connectivity index (χ2n) is 6.34. The van der Waals surface area contributed by atoms with Gasteiger partial charge in [-0.3, -0.25) is 4.79 Å². The number of hydrogen-bond acceptors (Lipinski definition) is 4. The van der Waals surface area contributed by atoms with E-state index in [2.05, 4.69) is 10.1 Å². The maximum absolute atomic E-state index is 12.4. The van der Waals surface area contributed by atoms with Gasteiger partial charge in [0.1, 0.15) is 0 Å². The van der Waals surface area contributed by atoms with Gasteiger partial charge in [0.2, 0.25) is 5.91 Å². The SMILES string of the molecule is CN(CCc1noc(-c2ccccc2Cl)n1)C(=O)C1CCCCC1. The van der Waals surface area contributed by atoms with E-state index < -0.39 is 0 Å². The molecule has 0 aliphatic heterocycles. The Morgan fingerprint density at radius 2 is 2.04 bits per heavy atom. The Bertz CT molecular complexity index is 695. The molecule has 0 spiro atoms. The largest absolute Gasteiger partial charge is 0.345 e. The lowest BCUT2D eigenvalue weighted by Crippen LogP contribution is -2.35. The van der Waals surface area contributed by atoms with Gasteiger partial charge < -0.3 is 9.42 Å². The van der Waals surface area contributed by atoms with E-state index in [0.29, 0.717) is 29.7 Å². The monoisotopic (exact) mass is 347 g/mol. The van der Waals surface area contributed by atoms with Crippen molar-refractivity contribution in [3.05, 3.63) is 35.1 Å². The van der Waals surface area contributed by atoms with E-state index >= 15 is 0 Å². The van der Waals surface area contributed by atoms with Gasteiger partial charge in [0.25, 0.3) is 5.89 Å². The van der Waals surface area contributed by atoms with Crippen LogP contribution in [0.25, 0.3) is 11.5 Å². The fourth-order valence-electron chi connectivity index (χ4n) is 3.14. The molecule has 1 heterocycles. The quantitative estimate of drug-likeness (QED) is 0.821. The van der Waals surface area contributed by atoms with Crippen LogP contribution in [-0.2, 0) is 11.2 Å². The second-order valence-corrected chi connectivity index (χ2v) is 6.75. The first-order valence-electron chi connectivity index (χ1n) is 8.47. The van der Waals surface area contributed by atoms with Crippen molar-refractivity contribution in [2.75, 3.05) is 13.6 Å². The van der Waals surface area contributed by atoms with Crippen LogP contribution in [0.5, 0.6) is 0 Å². The van der Waals surface area contributed by atoms with Gasteiger partial charge in [0.05, 0.1) is 10.6 Å². The molecule has 0 bridgehead atoms. The van der Waals surface area contributed by atoms with Crippen LogP contribution in [0.3, 0.4) is 0 Å². The molecule has 0 N–H and O–H groups in total. The van der Waals surface area contributed by atoms with E-state index in [1.807, 2.05) is 25.2 Å². The van der Waals surface area contributed by atoms with Crippen LogP contribution in [0.4, 0.5) is 0 Å². The number of halogens is 1. The summed E-state index contributed by atoms with van der Waals surface area (Å²) in [6, 6.07) is 7.37. The molecule has 0 saturated heterocycles. The molecule has 1 aromatic heterocycles. The number of carbonyl (C=O) groups is 1. The van der Waals surface area contributed by atoms with Gasteiger partial charge in [0, 0.05) is 25.9 Å². The zero-order valence-electron chi connectivity index (χ0n) is 13.9. The molecule has 1 saturated carbocycles. The third-order valence-corrected chi connectivity index (χ3v) is 4.90. The number of carbonyl (C=O) groups excluding carboxylic acids is 1. The first-order valence-corrected chi connectivity index (χ1v) is 8.85. The van der Waals surface area contributed by atoms with E-state index in [9.17, 15) is 4.79 Å². The summed E-state index contributed by atoms with van der Waals surface area (Å²) in [7, 11) is 1.85. The minimum absolute atomic E-state index is 0.188. The predicted octanol–water partition coefficient (Wildman–Crippen LogP) is 3.97. The highest BCUT2D eigenvalue weighted by Crippen LogP contribution is 2.26. The maximum atomic E-state index is 12.4. The van der Waals surface area contributed by atoms with Crippen molar-refractivity contribution in [3.63, 3.8) is 0 Å². The van der Waals surface area contributed by atoms with Crippen LogP contribution in [0.2, 0.25) is 5.02 Å². The van der Waals surface area contributed by atoms with E-state index in [-0.39, 0.29) is 11.8 Å². The van der Waals surface area contributed by atoms with Crippen molar-refractivity contribution in [2.24, 2.45) is 5.92 Å². The molecular formula is C18H22ClN3O2. The molecule has 0 atom stereocenters. The summed E-state index contributed by atoms with van der Waals surface area (Å²) in [6.45, 7) is 0.594. The zero-order valence-corrected chi connectivity index (χ0v) is 14.6. The number of hydrogen-bond donors (Lipinski definition) is 0. The fourth-order valence-corrected chi connectivity index (χ4v) is 3.36. The van der Waals surface area contributed by atoms with E-state index in [0.717, 1.165) is 31.2 Å². The Labute approximate surface area is 147 Å². The summed E-state index contributed by atoms with van der Waals surface area (Å²) in [6.07, 6.45) is 6.18. The first-order chi connectivity index (χ1) is 11.6. The molecule has 2 aromatic rings. The van der Waals surface area contributed by atoms with Gasteiger partial charge in [-0.1, -0.05) is 48.2 Å². The smallest absolute Gasteiger partial charge is 0.259 e. The Hall–Kier alpha value is -1.88. The Balaban J connectivity index is 1.57. The molecule has 3 rings (SSSR count). The lowest BCUT2D eigenvalue weighted by molar-refractivity contribution is -0.135. The molecule has 1 amide bonds. The Morgan fingerprint density at radius 3 is 2.79 bits per heavy atom. The highest BCUT2D eigenvalue weighted by Gasteiger charge is 2.24.